The minimum absolute atomic E-state index is 0.0856. The summed E-state index contributed by atoms with van der Waals surface area (Å²) in [6, 6.07) is 0. The fourth-order valence-corrected chi connectivity index (χ4v) is 2.89. The van der Waals surface area contributed by atoms with Gasteiger partial charge in [-0.3, -0.25) is 4.79 Å². The van der Waals surface area contributed by atoms with Crippen molar-refractivity contribution >= 4 is 5.69 Å². The van der Waals surface area contributed by atoms with E-state index in [-0.39, 0.29) is 5.56 Å². The topological polar surface area (TPSA) is 57.8 Å². The molecule has 0 spiro atoms. The lowest BCUT2D eigenvalue weighted by Crippen LogP contribution is -2.23. The normalized spacial score (nSPS) is 29.1. The molecule has 1 unspecified atom stereocenters. The van der Waals surface area contributed by atoms with Crippen molar-refractivity contribution < 1.29 is 0 Å². The van der Waals surface area contributed by atoms with Crippen molar-refractivity contribution in [1.82, 2.24) is 10.2 Å². The van der Waals surface area contributed by atoms with Crippen molar-refractivity contribution in [2.75, 3.05) is 11.9 Å². The number of anilines is 1. The van der Waals surface area contributed by atoms with Gasteiger partial charge in [0.1, 0.15) is 5.69 Å². The average Bonchev–Trinajstić information content (AvgIpc) is 3.03. The maximum absolute atomic E-state index is 11.6. The van der Waals surface area contributed by atoms with Crippen molar-refractivity contribution in [1.29, 1.82) is 0 Å². The van der Waals surface area contributed by atoms with E-state index in [0.29, 0.717) is 5.41 Å². The van der Waals surface area contributed by atoms with Crippen LogP contribution < -0.4 is 10.9 Å². The summed E-state index contributed by atoms with van der Waals surface area (Å²) < 4.78 is 0. The van der Waals surface area contributed by atoms with Crippen LogP contribution >= 0.6 is 0 Å². The van der Waals surface area contributed by atoms with Gasteiger partial charge in [0.25, 0.3) is 5.56 Å². The number of nitrogens with one attached hydrogen (secondary N) is 2. The maximum Gasteiger partial charge on any atom is 0.287 e. The van der Waals surface area contributed by atoms with Gasteiger partial charge in [-0.1, -0.05) is 6.92 Å². The quantitative estimate of drug-likeness (QED) is 0.753. The number of nitrogens with zero attached hydrogens (tertiary/aromatic N) is 1. The highest BCUT2D eigenvalue weighted by Gasteiger charge is 2.42. The third kappa shape index (κ3) is 1.52. The van der Waals surface area contributed by atoms with Crippen LogP contribution in [0, 0.1) is 11.3 Å². The van der Waals surface area contributed by atoms with Gasteiger partial charge in [-0.25, -0.2) is 5.10 Å². The van der Waals surface area contributed by atoms with E-state index in [0.717, 1.165) is 36.6 Å². The molecular formula is C12H17N3O. The van der Waals surface area contributed by atoms with Crippen LogP contribution in [0.15, 0.2) is 11.0 Å². The molecule has 1 fully saturated rings. The molecule has 1 aromatic heterocycles. The predicted molar refractivity (Wildman–Crippen MR) is 62.5 cm³/mol. The highest BCUT2D eigenvalue weighted by Crippen LogP contribution is 2.50. The van der Waals surface area contributed by atoms with Crippen LogP contribution in [-0.4, -0.2) is 16.7 Å². The summed E-state index contributed by atoms with van der Waals surface area (Å²) in [5.41, 5.74) is 2.08. The molecule has 4 nitrogen and oxygen atoms in total. The first kappa shape index (κ1) is 9.87. The Balaban J connectivity index is 2.00. The van der Waals surface area contributed by atoms with Crippen LogP contribution in [0.5, 0.6) is 0 Å². The molecule has 0 saturated heterocycles. The van der Waals surface area contributed by atoms with E-state index < -0.39 is 0 Å². The highest BCUT2D eigenvalue weighted by atomic mass is 16.1. The van der Waals surface area contributed by atoms with Crippen LogP contribution in [-0.2, 0) is 6.42 Å². The summed E-state index contributed by atoms with van der Waals surface area (Å²) in [6.45, 7) is 3.25. The Morgan fingerprint density at radius 2 is 2.31 bits per heavy atom. The third-order valence-electron chi connectivity index (χ3n) is 4.09. The van der Waals surface area contributed by atoms with Gasteiger partial charge in [0, 0.05) is 12.1 Å². The van der Waals surface area contributed by atoms with Gasteiger partial charge in [0.05, 0.1) is 6.20 Å². The lowest BCUT2D eigenvalue weighted by molar-refractivity contribution is 0.258. The number of H-pyrrole nitrogens is 1. The minimum atomic E-state index is -0.0856. The predicted octanol–water partition coefficient (Wildman–Crippen LogP) is 1.54. The standard InChI is InChI=1S/C12H17N3O/c1-12(9-2-3-9)4-5-13-10-8(6-12)7-14-15-11(10)16/h7,9,13H,2-6H2,1H3,(H,15,16). The van der Waals surface area contributed by atoms with Crippen LogP contribution in [0.25, 0.3) is 0 Å². The number of hydrogen-bond acceptors (Lipinski definition) is 3. The Morgan fingerprint density at radius 3 is 3.06 bits per heavy atom. The molecular weight excluding hydrogens is 202 g/mol. The largest absolute Gasteiger partial charge is 0.380 e. The Hall–Kier alpha value is -1.32. The van der Waals surface area contributed by atoms with E-state index in [9.17, 15) is 4.79 Å². The van der Waals surface area contributed by atoms with E-state index in [4.69, 9.17) is 0 Å². The Labute approximate surface area is 94.5 Å². The van der Waals surface area contributed by atoms with E-state index in [1.54, 1.807) is 6.20 Å². The minimum Gasteiger partial charge on any atom is -0.380 e. The smallest absolute Gasteiger partial charge is 0.287 e. The van der Waals surface area contributed by atoms with Crippen LogP contribution in [0.2, 0.25) is 0 Å². The fourth-order valence-electron chi connectivity index (χ4n) is 2.89. The molecule has 0 aromatic carbocycles. The van der Waals surface area contributed by atoms with Crippen molar-refractivity contribution in [3.63, 3.8) is 0 Å². The molecule has 3 rings (SSSR count). The zero-order valence-corrected chi connectivity index (χ0v) is 9.55. The lowest BCUT2D eigenvalue weighted by Gasteiger charge is -2.27. The molecule has 0 amide bonds. The van der Waals surface area contributed by atoms with Gasteiger partial charge in [-0.05, 0) is 37.0 Å². The second kappa shape index (κ2) is 3.34. The summed E-state index contributed by atoms with van der Waals surface area (Å²) in [5.74, 6) is 0.847. The molecule has 1 aromatic rings. The lowest BCUT2D eigenvalue weighted by atomic mass is 9.77. The molecule has 1 saturated carbocycles. The molecule has 1 atom stereocenters. The number of rotatable bonds is 1. The fraction of sp³-hybridized carbons (Fsp3) is 0.667. The van der Waals surface area contributed by atoms with Gasteiger partial charge in [0.2, 0.25) is 0 Å². The van der Waals surface area contributed by atoms with E-state index in [2.05, 4.69) is 22.4 Å². The Morgan fingerprint density at radius 1 is 1.50 bits per heavy atom. The Bertz CT molecular complexity index is 464. The molecule has 4 heteroatoms. The molecule has 1 aliphatic heterocycles. The highest BCUT2D eigenvalue weighted by molar-refractivity contribution is 5.49. The number of aromatic nitrogens is 2. The van der Waals surface area contributed by atoms with E-state index >= 15 is 0 Å². The van der Waals surface area contributed by atoms with Crippen molar-refractivity contribution in [2.24, 2.45) is 11.3 Å². The molecule has 16 heavy (non-hydrogen) atoms. The SMILES string of the molecule is CC1(C2CC2)CCNc2c(cn[nH]c2=O)C1. The molecule has 0 bridgehead atoms. The molecule has 2 N–H and O–H groups in total. The number of aromatic amines is 1. The first-order valence-corrected chi connectivity index (χ1v) is 5.99. The molecule has 2 aliphatic rings. The zero-order chi connectivity index (χ0) is 11.2. The summed E-state index contributed by atoms with van der Waals surface area (Å²) in [4.78, 5) is 11.6. The molecule has 0 radical (unpaired) electrons. The molecule has 1 aliphatic carbocycles. The van der Waals surface area contributed by atoms with Crippen LogP contribution in [0.4, 0.5) is 5.69 Å². The summed E-state index contributed by atoms with van der Waals surface area (Å²) in [5, 5.41) is 9.65. The zero-order valence-electron chi connectivity index (χ0n) is 9.55. The van der Waals surface area contributed by atoms with Crippen molar-refractivity contribution in [2.45, 2.75) is 32.6 Å². The molecule has 86 valence electrons. The first-order valence-electron chi connectivity index (χ1n) is 5.99. The van der Waals surface area contributed by atoms with E-state index in [1.807, 2.05) is 0 Å². The number of hydrogen-bond donors (Lipinski definition) is 2. The van der Waals surface area contributed by atoms with Crippen LogP contribution in [0.3, 0.4) is 0 Å². The summed E-state index contributed by atoms with van der Waals surface area (Å²) >= 11 is 0. The van der Waals surface area contributed by atoms with E-state index in [1.165, 1.54) is 12.8 Å². The number of fused-ring (bicyclic) bond motifs is 1. The monoisotopic (exact) mass is 219 g/mol. The summed E-state index contributed by atoms with van der Waals surface area (Å²) in [7, 11) is 0. The van der Waals surface area contributed by atoms with Crippen molar-refractivity contribution in [3.05, 3.63) is 22.1 Å². The van der Waals surface area contributed by atoms with Gasteiger partial charge < -0.3 is 5.32 Å². The average molecular weight is 219 g/mol. The Kier molecular flexibility index (Phi) is 2.06. The third-order valence-corrected chi connectivity index (χ3v) is 4.09. The van der Waals surface area contributed by atoms with Gasteiger partial charge in [-0.2, -0.15) is 5.10 Å². The van der Waals surface area contributed by atoms with Gasteiger partial charge in [-0.15, -0.1) is 0 Å². The second-order valence-corrected chi connectivity index (χ2v) is 5.38. The van der Waals surface area contributed by atoms with Gasteiger partial charge >= 0.3 is 0 Å². The molecule has 2 heterocycles. The summed E-state index contributed by atoms with van der Waals surface area (Å²) in [6.07, 6.45) is 6.63. The maximum atomic E-state index is 11.6. The van der Waals surface area contributed by atoms with Crippen molar-refractivity contribution in [3.8, 4) is 0 Å². The second-order valence-electron chi connectivity index (χ2n) is 5.38. The van der Waals surface area contributed by atoms with Gasteiger partial charge in [0.15, 0.2) is 0 Å². The van der Waals surface area contributed by atoms with Crippen LogP contribution in [0.1, 0.15) is 31.7 Å². The first-order chi connectivity index (χ1) is 7.69.